The quantitative estimate of drug-likeness (QED) is 0.717. The van der Waals surface area contributed by atoms with Gasteiger partial charge in [0.1, 0.15) is 11.5 Å². The van der Waals surface area contributed by atoms with Gasteiger partial charge in [0.2, 0.25) is 5.91 Å². The van der Waals surface area contributed by atoms with Crippen LogP contribution < -0.4 is 14.8 Å². The van der Waals surface area contributed by atoms with E-state index in [4.69, 9.17) is 9.47 Å². The molecule has 2 amide bonds. The predicted molar refractivity (Wildman–Crippen MR) is 110 cm³/mol. The van der Waals surface area contributed by atoms with Crippen molar-refractivity contribution in [3.63, 3.8) is 0 Å². The average Bonchev–Trinajstić information content (AvgIpc) is 2.67. The molecular weight excluding hydrogens is 356 g/mol. The summed E-state index contributed by atoms with van der Waals surface area (Å²) < 4.78 is 11.0. The molecule has 2 aromatic carbocycles. The molecule has 6 heteroatoms. The van der Waals surface area contributed by atoms with Crippen molar-refractivity contribution in [2.24, 2.45) is 0 Å². The zero-order chi connectivity index (χ0) is 20.5. The number of benzene rings is 2. The van der Waals surface area contributed by atoms with Gasteiger partial charge in [-0.25, -0.2) is 0 Å². The summed E-state index contributed by atoms with van der Waals surface area (Å²) >= 11 is 0. The molecule has 0 aliphatic carbocycles. The fourth-order valence-electron chi connectivity index (χ4n) is 2.85. The molecule has 150 valence electrons. The van der Waals surface area contributed by atoms with Gasteiger partial charge in [0.15, 0.2) is 6.10 Å². The van der Waals surface area contributed by atoms with E-state index in [1.165, 1.54) is 4.90 Å². The largest absolute Gasteiger partial charge is 0.495 e. The molecule has 28 heavy (non-hydrogen) atoms. The predicted octanol–water partition coefficient (Wildman–Crippen LogP) is 3.65. The Labute approximate surface area is 166 Å². The number of methoxy groups -OCH3 is 1. The molecule has 0 aromatic heterocycles. The molecule has 0 saturated carbocycles. The van der Waals surface area contributed by atoms with Crippen molar-refractivity contribution in [2.45, 2.75) is 33.3 Å². The first kappa shape index (κ1) is 21.3. The summed E-state index contributed by atoms with van der Waals surface area (Å²) in [7, 11) is 1.54. The number of carbonyl (C=O) groups is 2. The van der Waals surface area contributed by atoms with Crippen LogP contribution in [0.5, 0.6) is 11.5 Å². The Morgan fingerprint density at radius 3 is 2.57 bits per heavy atom. The molecule has 0 bridgehead atoms. The smallest absolute Gasteiger partial charge is 0.263 e. The van der Waals surface area contributed by atoms with E-state index in [0.717, 1.165) is 12.0 Å². The molecule has 0 radical (unpaired) electrons. The Morgan fingerprint density at radius 1 is 1.14 bits per heavy atom. The highest BCUT2D eigenvalue weighted by molar-refractivity contribution is 5.96. The molecule has 1 atom stereocenters. The minimum absolute atomic E-state index is 0.0494. The van der Waals surface area contributed by atoms with Crippen molar-refractivity contribution < 1.29 is 19.1 Å². The molecule has 0 aliphatic heterocycles. The summed E-state index contributed by atoms with van der Waals surface area (Å²) in [5.74, 6) is 0.698. The second kappa shape index (κ2) is 10.3. The number of aryl methyl sites for hydroxylation is 1. The zero-order valence-corrected chi connectivity index (χ0v) is 16.9. The Morgan fingerprint density at radius 2 is 1.89 bits per heavy atom. The van der Waals surface area contributed by atoms with Crippen LogP contribution >= 0.6 is 0 Å². The number of nitrogens with zero attached hydrogens (tertiary/aromatic N) is 1. The number of para-hydroxylation sites is 2. The Kier molecular flexibility index (Phi) is 7.87. The van der Waals surface area contributed by atoms with Gasteiger partial charge in [-0.1, -0.05) is 31.2 Å². The molecule has 2 rings (SSSR count). The van der Waals surface area contributed by atoms with Crippen molar-refractivity contribution in [1.29, 1.82) is 0 Å². The Hall–Kier alpha value is -3.02. The van der Waals surface area contributed by atoms with E-state index in [9.17, 15) is 9.59 Å². The van der Waals surface area contributed by atoms with Gasteiger partial charge in [0.25, 0.3) is 5.91 Å². The lowest BCUT2D eigenvalue weighted by molar-refractivity contribution is -0.140. The number of rotatable bonds is 9. The third kappa shape index (κ3) is 6.01. The van der Waals surface area contributed by atoms with Crippen molar-refractivity contribution in [1.82, 2.24) is 4.90 Å². The van der Waals surface area contributed by atoms with Crippen LogP contribution in [0.1, 0.15) is 25.8 Å². The van der Waals surface area contributed by atoms with Crippen LogP contribution in [0.15, 0.2) is 48.5 Å². The maximum Gasteiger partial charge on any atom is 0.263 e. The van der Waals surface area contributed by atoms with E-state index in [1.54, 1.807) is 26.2 Å². The summed E-state index contributed by atoms with van der Waals surface area (Å²) in [5, 5.41) is 2.80. The van der Waals surface area contributed by atoms with Crippen molar-refractivity contribution in [3.8, 4) is 11.5 Å². The van der Waals surface area contributed by atoms with Crippen LogP contribution in [0.3, 0.4) is 0 Å². The van der Waals surface area contributed by atoms with Crippen LogP contribution in [-0.4, -0.2) is 43.0 Å². The van der Waals surface area contributed by atoms with Gasteiger partial charge in [0, 0.05) is 6.54 Å². The molecule has 0 aliphatic rings. The van der Waals surface area contributed by atoms with Crippen molar-refractivity contribution in [2.75, 3.05) is 25.5 Å². The highest BCUT2D eigenvalue weighted by Crippen LogP contribution is 2.23. The fraction of sp³-hybridized carbons (Fsp3) is 0.364. The van der Waals surface area contributed by atoms with Gasteiger partial charge in [0.05, 0.1) is 19.3 Å². The maximum absolute atomic E-state index is 12.8. The summed E-state index contributed by atoms with van der Waals surface area (Å²) in [6, 6.07) is 14.7. The summed E-state index contributed by atoms with van der Waals surface area (Å²) in [6.07, 6.45) is 0.0533. The van der Waals surface area contributed by atoms with Crippen LogP contribution in [0.4, 0.5) is 5.69 Å². The van der Waals surface area contributed by atoms with Crippen molar-refractivity contribution >= 4 is 17.5 Å². The van der Waals surface area contributed by atoms with E-state index >= 15 is 0 Å². The van der Waals surface area contributed by atoms with Crippen molar-refractivity contribution in [3.05, 3.63) is 54.1 Å². The lowest BCUT2D eigenvalue weighted by Gasteiger charge is -2.25. The number of hydrogen-bond donors (Lipinski definition) is 1. The molecule has 1 N–H and O–H groups in total. The van der Waals surface area contributed by atoms with Crippen LogP contribution in [0.25, 0.3) is 0 Å². The second-order valence-corrected chi connectivity index (χ2v) is 6.58. The molecule has 2 aromatic rings. The van der Waals surface area contributed by atoms with E-state index in [-0.39, 0.29) is 18.4 Å². The third-order valence-electron chi connectivity index (χ3n) is 4.17. The third-order valence-corrected chi connectivity index (χ3v) is 4.17. The second-order valence-electron chi connectivity index (χ2n) is 6.58. The van der Waals surface area contributed by atoms with Gasteiger partial charge in [-0.15, -0.1) is 0 Å². The van der Waals surface area contributed by atoms with Gasteiger partial charge in [-0.05, 0) is 50.1 Å². The van der Waals surface area contributed by atoms with E-state index < -0.39 is 6.10 Å². The molecule has 0 saturated heterocycles. The summed E-state index contributed by atoms with van der Waals surface area (Å²) in [6.45, 7) is 6.05. The Bertz CT molecular complexity index is 807. The van der Waals surface area contributed by atoms with Gasteiger partial charge in [-0.3, -0.25) is 9.59 Å². The number of anilines is 1. The molecular formula is C22H28N2O4. The first-order valence-electron chi connectivity index (χ1n) is 9.39. The monoisotopic (exact) mass is 384 g/mol. The van der Waals surface area contributed by atoms with Gasteiger partial charge < -0.3 is 19.7 Å². The number of ether oxygens (including phenoxy) is 2. The highest BCUT2D eigenvalue weighted by Gasteiger charge is 2.24. The van der Waals surface area contributed by atoms with E-state index in [2.05, 4.69) is 5.32 Å². The number of nitrogens with one attached hydrogen (secondary N) is 1. The SMILES string of the molecule is CCCN(CC(=O)Nc1ccccc1OC)C(=O)C(C)Oc1cccc(C)c1. The molecule has 0 fully saturated rings. The maximum atomic E-state index is 12.8. The van der Waals surface area contributed by atoms with Gasteiger partial charge >= 0.3 is 0 Å². The fourth-order valence-corrected chi connectivity index (χ4v) is 2.85. The topological polar surface area (TPSA) is 67.9 Å². The van der Waals surface area contributed by atoms with Gasteiger partial charge in [-0.2, -0.15) is 0 Å². The molecule has 6 nitrogen and oxygen atoms in total. The lowest BCUT2D eigenvalue weighted by atomic mass is 10.2. The van der Waals surface area contributed by atoms with E-state index in [0.29, 0.717) is 23.7 Å². The summed E-state index contributed by atoms with van der Waals surface area (Å²) in [5.41, 5.74) is 1.63. The zero-order valence-electron chi connectivity index (χ0n) is 16.9. The number of amides is 2. The van der Waals surface area contributed by atoms with Crippen LogP contribution in [-0.2, 0) is 9.59 Å². The first-order chi connectivity index (χ1) is 13.4. The minimum atomic E-state index is -0.688. The van der Waals surface area contributed by atoms with Crippen LogP contribution in [0, 0.1) is 6.92 Å². The average molecular weight is 384 g/mol. The first-order valence-corrected chi connectivity index (χ1v) is 9.39. The normalized spacial score (nSPS) is 11.4. The Balaban J connectivity index is 2.02. The molecule has 1 unspecified atom stereocenters. The standard InChI is InChI=1S/C22H28N2O4/c1-5-13-24(15-21(25)23-19-11-6-7-12-20(19)27-4)22(26)17(3)28-18-10-8-9-16(2)14-18/h6-12,14,17H,5,13,15H2,1-4H3,(H,23,25). The molecule has 0 heterocycles. The lowest BCUT2D eigenvalue weighted by Crippen LogP contribution is -2.44. The van der Waals surface area contributed by atoms with E-state index in [1.807, 2.05) is 50.2 Å². The molecule has 0 spiro atoms. The summed E-state index contributed by atoms with van der Waals surface area (Å²) in [4.78, 5) is 26.8. The highest BCUT2D eigenvalue weighted by atomic mass is 16.5. The number of hydrogen-bond acceptors (Lipinski definition) is 4. The minimum Gasteiger partial charge on any atom is -0.495 e. The van der Waals surface area contributed by atoms with Crippen LogP contribution in [0.2, 0.25) is 0 Å². The number of carbonyl (C=O) groups excluding carboxylic acids is 2.